The molecule has 0 spiro atoms. The van der Waals surface area contributed by atoms with Crippen molar-refractivity contribution in [3.8, 4) is 11.5 Å². The van der Waals surface area contributed by atoms with Gasteiger partial charge in [0, 0.05) is 17.8 Å². The monoisotopic (exact) mass is 344 g/mol. The molecule has 0 saturated carbocycles. The second-order valence-corrected chi connectivity index (χ2v) is 5.39. The molecule has 0 bridgehead atoms. The van der Waals surface area contributed by atoms with Gasteiger partial charge in [0.15, 0.2) is 6.61 Å². The highest BCUT2D eigenvalue weighted by molar-refractivity contribution is 5.93. The molecule has 0 fully saturated rings. The molecule has 2 aromatic carbocycles. The number of ether oxygens (including phenoxy) is 2. The molecule has 2 rings (SSSR count). The highest BCUT2D eigenvalue weighted by Gasteiger charge is 2.16. The van der Waals surface area contributed by atoms with Gasteiger partial charge in [0.25, 0.3) is 5.91 Å². The zero-order valence-corrected chi connectivity index (χ0v) is 14.4. The van der Waals surface area contributed by atoms with E-state index < -0.39 is 4.92 Å². The van der Waals surface area contributed by atoms with Crippen molar-refractivity contribution in [3.05, 3.63) is 57.6 Å². The number of hydrogen-bond acceptors (Lipinski definition) is 5. The summed E-state index contributed by atoms with van der Waals surface area (Å²) in [6.45, 7) is 3.74. The van der Waals surface area contributed by atoms with Crippen LogP contribution in [-0.4, -0.2) is 24.5 Å². The number of rotatable bonds is 7. The fourth-order valence-electron chi connectivity index (χ4n) is 2.42. The number of hydrogen-bond donors (Lipinski definition) is 1. The average Bonchev–Trinajstić information content (AvgIpc) is 2.61. The number of nitrogens with one attached hydrogen (secondary N) is 1. The molecule has 0 saturated heterocycles. The minimum Gasteiger partial charge on any atom is -0.490 e. The number of methoxy groups -OCH3 is 1. The zero-order valence-electron chi connectivity index (χ0n) is 14.4. The van der Waals surface area contributed by atoms with Crippen molar-refractivity contribution in [3.63, 3.8) is 0 Å². The summed E-state index contributed by atoms with van der Waals surface area (Å²) in [4.78, 5) is 22.5. The van der Waals surface area contributed by atoms with E-state index in [1.165, 1.54) is 25.3 Å². The van der Waals surface area contributed by atoms with Gasteiger partial charge >= 0.3 is 5.69 Å². The summed E-state index contributed by atoms with van der Waals surface area (Å²) < 4.78 is 10.4. The van der Waals surface area contributed by atoms with Gasteiger partial charge in [0.1, 0.15) is 5.75 Å². The molecule has 25 heavy (non-hydrogen) atoms. The van der Waals surface area contributed by atoms with Crippen LogP contribution in [0.25, 0.3) is 0 Å². The van der Waals surface area contributed by atoms with E-state index in [1.54, 1.807) is 0 Å². The van der Waals surface area contributed by atoms with Crippen LogP contribution in [0, 0.1) is 17.0 Å². The maximum atomic E-state index is 12.2. The average molecular weight is 344 g/mol. The summed E-state index contributed by atoms with van der Waals surface area (Å²) in [5, 5.41) is 13.7. The third kappa shape index (κ3) is 4.47. The molecular formula is C18H20N2O5. The number of anilines is 1. The Kier molecular flexibility index (Phi) is 5.94. The van der Waals surface area contributed by atoms with Crippen molar-refractivity contribution in [2.24, 2.45) is 0 Å². The molecule has 0 atom stereocenters. The number of nitrogens with zero attached hydrogens (tertiary/aromatic N) is 1. The molecule has 7 heteroatoms. The van der Waals surface area contributed by atoms with Crippen LogP contribution in [-0.2, 0) is 11.2 Å². The van der Waals surface area contributed by atoms with Gasteiger partial charge in [-0.25, -0.2) is 0 Å². The van der Waals surface area contributed by atoms with E-state index in [0.29, 0.717) is 5.75 Å². The number of carbonyl (C=O) groups excluding carboxylic acids is 1. The van der Waals surface area contributed by atoms with Crippen LogP contribution in [0.4, 0.5) is 11.4 Å². The number of nitro groups is 1. The minimum atomic E-state index is -0.542. The standard InChI is InChI=1S/C18H20N2O5/c1-4-13-7-5-6-12(2)18(13)19-17(21)11-25-14-8-9-15(20(22)23)16(10-14)24-3/h5-10H,4,11H2,1-3H3,(H,19,21). The number of nitro benzene ring substituents is 1. The first kappa shape index (κ1) is 18.3. The minimum absolute atomic E-state index is 0.0788. The summed E-state index contributed by atoms with van der Waals surface area (Å²) >= 11 is 0. The molecule has 0 heterocycles. The van der Waals surface area contributed by atoms with Crippen molar-refractivity contribution in [1.82, 2.24) is 0 Å². The fourth-order valence-corrected chi connectivity index (χ4v) is 2.42. The largest absolute Gasteiger partial charge is 0.490 e. The highest BCUT2D eigenvalue weighted by Crippen LogP contribution is 2.30. The van der Waals surface area contributed by atoms with Crippen LogP contribution in [0.3, 0.4) is 0 Å². The topological polar surface area (TPSA) is 90.7 Å². The highest BCUT2D eigenvalue weighted by atomic mass is 16.6. The maximum absolute atomic E-state index is 12.2. The predicted molar refractivity (Wildman–Crippen MR) is 94.3 cm³/mol. The zero-order chi connectivity index (χ0) is 18.4. The van der Waals surface area contributed by atoms with Crippen LogP contribution in [0.1, 0.15) is 18.1 Å². The van der Waals surface area contributed by atoms with Gasteiger partial charge in [0.05, 0.1) is 12.0 Å². The number of para-hydroxylation sites is 1. The molecule has 0 aliphatic rings. The summed E-state index contributed by atoms with van der Waals surface area (Å²) in [6.07, 6.45) is 0.803. The van der Waals surface area contributed by atoms with Crippen molar-refractivity contribution in [1.29, 1.82) is 0 Å². The lowest BCUT2D eigenvalue weighted by molar-refractivity contribution is -0.385. The molecule has 0 aliphatic heterocycles. The number of benzene rings is 2. The Morgan fingerprint density at radius 2 is 2.04 bits per heavy atom. The Bertz CT molecular complexity index is 789. The molecule has 1 amide bonds. The number of carbonyl (C=O) groups is 1. The summed E-state index contributed by atoms with van der Waals surface area (Å²) in [6, 6.07) is 9.93. The SMILES string of the molecule is CCc1cccc(C)c1NC(=O)COc1ccc([N+](=O)[O-])c(OC)c1. The lowest BCUT2D eigenvalue weighted by Crippen LogP contribution is -2.21. The Morgan fingerprint density at radius 3 is 2.68 bits per heavy atom. The molecular weight excluding hydrogens is 324 g/mol. The molecule has 1 N–H and O–H groups in total. The van der Waals surface area contributed by atoms with Gasteiger partial charge in [-0.1, -0.05) is 25.1 Å². The van der Waals surface area contributed by atoms with Gasteiger partial charge in [-0.05, 0) is 30.5 Å². The Labute approximate surface area is 145 Å². The molecule has 0 unspecified atom stereocenters. The Morgan fingerprint density at radius 1 is 1.28 bits per heavy atom. The first-order valence-electron chi connectivity index (χ1n) is 7.79. The first-order chi connectivity index (χ1) is 12.0. The molecule has 7 nitrogen and oxygen atoms in total. The van der Waals surface area contributed by atoms with Gasteiger partial charge in [-0.3, -0.25) is 14.9 Å². The molecule has 0 aliphatic carbocycles. The van der Waals surface area contributed by atoms with E-state index >= 15 is 0 Å². The molecule has 0 aromatic heterocycles. The van der Waals surface area contributed by atoms with E-state index in [4.69, 9.17) is 9.47 Å². The first-order valence-corrected chi connectivity index (χ1v) is 7.79. The molecule has 2 aromatic rings. The summed E-state index contributed by atoms with van der Waals surface area (Å²) in [5.41, 5.74) is 2.65. The molecule has 0 radical (unpaired) electrons. The summed E-state index contributed by atoms with van der Waals surface area (Å²) in [5.74, 6) is 0.0921. The van der Waals surface area contributed by atoms with Crippen LogP contribution in [0.2, 0.25) is 0 Å². The summed E-state index contributed by atoms with van der Waals surface area (Å²) in [7, 11) is 1.34. The second-order valence-electron chi connectivity index (χ2n) is 5.39. The van der Waals surface area contributed by atoms with Gasteiger partial charge in [-0.2, -0.15) is 0 Å². The number of aryl methyl sites for hydroxylation is 2. The smallest absolute Gasteiger partial charge is 0.311 e. The quantitative estimate of drug-likeness (QED) is 0.613. The number of amides is 1. The van der Waals surface area contributed by atoms with E-state index in [0.717, 1.165) is 23.2 Å². The van der Waals surface area contributed by atoms with Crippen molar-refractivity contribution in [2.45, 2.75) is 20.3 Å². The van der Waals surface area contributed by atoms with Gasteiger partial charge in [0.2, 0.25) is 5.75 Å². The Balaban J connectivity index is 2.05. The van der Waals surface area contributed by atoms with Crippen LogP contribution < -0.4 is 14.8 Å². The van der Waals surface area contributed by atoms with Crippen LogP contribution in [0.5, 0.6) is 11.5 Å². The Hall–Kier alpha value is -3.09. The van der Waals surface area contributed by atoms with Crippen LogP contribution in [0.15, 0.2) is 36.4 Å². The molecule has 132 valence electrons. The maximum Gasteiger partial charge on any atom is 0.311 e. The van der Waals surface area contributed by atoms with Gasteiger partial charge in [-0.15, -0.1) is 0 Å². The normalized spacial score (nSPS) is 10.2. The predicted octanol–water partition coefficient (Wildman–Crippen LogP) is 3.49. The van der Waals surface area contributed by atoms with Gasteiger partial charge < -0.3 is 14.8 Å². The lowest BCUT2D eigenvalue weighted by Gasteiger charge is -2.13. The second kappa shape index (κ2) is 8.14. The van der Waals surface area contributed by atoms with E-state index in [-0.39, 0.29) is 24.0 Å². The van der Waals surface area contributed by atoms with Crippen LogP contribution >= 0.6 is 0 Å². The third-order valence-electron chi connectivity index (χ3n) is 3.72. The van der Waals surface area contributed by atoms with E-state index in [1.807, 2.05) is 32.0 Å². The van der Waals surface area contributed by atoms with Crippen molar-refractivity contribution < 1.29 is 19.2 Å². The van der Waals surface area contributed by atoms with E-state index in [2.05, 4.69) is 5.32 Å². The van der Waals surface area contributed by atoms with Crippen molar-refractivity contribution in [2.75, 3.05) is 19.0 Å². The fraction of sp³-hybridized carbons (Fsp3) is 0.278. The third-order valence-corrected chi connectivity index (χ3v) is 3.72. The van der Waals surface area contributed by atoms with Crippen molar-refractivity contribution >= 4 is 17.3 Å². The van der Waals surface area contributed by atoms with E-state index in [9.17, 15) is 14.9 Å². The lowest BCUT2D eigenvalue weighted by atomic mass is 10.1.